The van der Waals surface area contributed by atoms with Crippen molar-refractivity contribution in [3.63, 3.8) is 0 Å². The Kier molecular flexibility index (Phi) is 5.55. The maximum atomic E-state index is 13.2. The maximum Gasteiger partial charge on any atom is 0.258 e. The highest BCUT2D eigenvalue weighted by Crippen LogP contribution is 2.42. The number of piperidine rings is 1. The van der Waals surface area contributed by atoms with Crippen molar-refractivity contribution in [2.45, 2.75) is 25.7 Å². The van der Waals surface area contributed by atoms with E-state index in [-0.39, 0.29) is 16.9 Å². The summed E-state index contributed by atoms with van der Waals surface area (Å²) in [6, 6.07) is 7.14. The highest BCUT2D eigenvalue weighted by molar-refractivity contribution is 5.98. The molecule has 2 N–H and O–H groups in total. The molecule has 2 atom stereocenters. The summed E-state index contributed by atoms with van der Waals surface area (Å²) in [5.74, 6) is -0.156. The van der Waals surface area contributed by atoms with Gasteiger partial charge < -0.3 is 19.7 Å². The molecule has 0 spiro atoms. The lowest BCUT2D eigenvalue weighted by Crippen LogP contribution is -2.40. The molecular formula is C22H25N5O4. The van der Waals surface area contributed by atoms with Crippen LogP contribution in [0.15, 0.2) is 23.0 Å². The number of aromatic nitrogens is 2. The fraction of sp³-hybridized carbons (Fsp3) is 0.455. The number of methoxy groups -OCH3 is 2. The largest absolute Gasteiger partial charge is 0.497 e. The summed E-state index contributed by atoms with van der Waals surface area (Å²) in [6.45, 7) is 3.77. The van der Waals surface area contributed by atoms with Crippen LogP contribution in [-0.2, 0) is 4.79 Å². The van der Waals surface area contributed by atoms with Crippen molar-refractivity contribution in [1.29, 1.82) is 5.26 Å². The highest BCUT2D eigenvalue weighted by atomic mass is 16.5. The zero-order chi connectivity index (χ0) is 22.1. The fourth-order valence-electron chi connectivity index (χ4n) is 4.28. The quantitative estimate of drug-likeness (QED) is 0.774. The van der Waals surface area contributed by atoms with Crippen LogP contribution in [-0.4, -0.2) is 43.2 Å². The molecule has 9 heteroatoms. The van der Waals surface area contributed by atoms with Crippen molar-refractivity contribution in [2.24, 2.45) is 11.8 Å². The normalized spacial score (nSPS) is 21.1. The van der Waals surface area contributed by atoms with Gasteiger partial charge in [-0.3, -0.25) is 14.6 Å². The van der Waals surface area contributed by atoms with Gasteiger partial charge in [-0.2, -0.15) is 10.2 Å². The Labute approximate surface area is 180 Å². The first-order valence-electron chi connectivity index (χ1n) is 10.3. The Bertz CT molecular complexity index is 1100. The summed E-state index contributed by atoms with van der Waals surface area (Å²) < 4.78 is 10.7. The smallest absolute Gasteiger partial charge is 0.258 e. The van der Waals surface area contributed by atoms with Crippen LogP contribution in [0.3, 0.4) is 0 Å². The number of anilines is 2. The van der Waals surface area contributed by atoms with Crippen LogP contribution in [0.5, 0.6) is 11.5 Å². The maximum absolute atomic E-state index is 13.2. The molecule has 1 saturated heterocycles. The molecule has 1 fully saturated rings. The number of rotatable bonds is 4. The molecule has 1 aromatic heterocycles. The van der Waals surface area contributed by atoms with Crippen LogP contribution in [0.4, 0.5) is 11.8 Å². The number of hydrogen-bond donors (Lipinski definition) is 2. The van der Waals surface area contributed by atoms with Gasteiger partial charge >= 0.3 is 0 Å². The standard InChI is InChI=1S/C22H25N5O4/c1-12-6-8-27(9-7-12)22-25-19-18(21(29)26-22)17(15(11-23)20(28)24-19)14-5-4-13(30-2)10-16(14)31-3/h4-5,10,12,15,17H,6-9H2,1-3H3,(H2,24,25,26,28,29). The van der Waals surface area contributed by atoms with Crippen LogP contribution >= 0.6 is 0 Å². The Morgan fingerprint density at radius 1 is 1.19 bits per heavy atom. The Morgan fingerprint density at radius 2 is 1.94 bits per heavy atom. The number of H-pyrrole nitrogens is 1. The molecule has 4 rings (SSSR count). The van der Waals surface area contributed by atoms with E-state index < -0.39 is 17.7 Å². The predicted molar refractivity (Wildman–Crippen MR) is 115 cm³/mol. The van der Waals surface area contributed by atoms with E-state index in [1.807, 2.05) is 11.0 Å². The molecule has 2 aliphatic rings. The molecule has 3 heterocycles. The zero-order valence-corrected chi connectivity index (χ0v) is 17.8. The number of carbonyl (C=O) groups is 1. The van der Waals surface area contributed by atoms with Crippen LogP contribution in [0.25, 0.3) is 0 Å². The summed E-state index contributed by atoms with van der Waals surface area (Å²) in [5, 5.41) is 12.4. The third-order valence-corrected chi connectivity index (χ3v) is 6.11. The van der Waals surface area contributed by atoms with Crippen molar-refractivity contribution in [3.05, 3.63) is 39.7 Å². The molecule has 162 valence electrons. The number of benzene rings is 1. The summed E-state index contributed by atoms with van der Waals surface area (Å²) >= 11 is 0. The minimum absolute atomic E-state index is 0.191. The number of hydrogen-bond acceptors (Lipinski definition) is 7. The second kappa shape index (κ2) is 8.30. The number of ether oxygens (including phenoxy) is 2. The van der Waals surface area contributed by atoms with E-state index in [1.54, 1.807) is 18.2 Å². The van der Waals surface area contributed by atoms with Crippen molar-refractivity contribution < 1.29 is 14.3 Å². The van der Waals surface area contributed by atoms with E-state index in [0.29, 0.717) is 28.9 Å². The minimum atomic E-state index is -1.10. The minimum Gasteiger partial charge on any atom is -0.497 e. The second-order valence-corrected chi connectivity index (χ2v) is 8.00. The van der Waals surface area contributed by atoms with Gasteiger partial charge in [-0.15, -0.1) is 0 Å². The molecule has 0 bridgehead atoms. The van der Waals surface area contributed by atoms with E-state index in [1.165, 1.54) is 14.2 Å². The summed E-state index contributed by atoms with van der Waals surface area (Å²) in [5.41, 5.74) is 0.434. The Morgan fingerprint density at radius 3 is 2.58 bits per heavy atom. The number of carbonyl (C=O) groups excluding carboxylic acids is 1. The third kappa shape index (κ3) is 3.69. The molecule has 0 radical (unpaired) electrons. The lowest BCUT2D eigenvalue weighted by molar-refractivity contribution is -0.119. The molecule has 2 aliphatic heterocycles. The zero-order valence-electron chi connectivity index (χ0n) is 17.8. The van der Waals surface area contributed by atoms with Crippen molar-refractivity contribution in [1.82, 2.24) is 9.97 Å². The molecule has 2 aromatic rings. The first-order valence-corrected chi connectivity index (χ1v) is 10.3. The van der Waals surface area contributed by atoms with E-state index in [0.717, 1.165) is 25.9 Å². The van der Waals surface area contributed by atoms with Crippen LogP contribution in [0.2, 0.25) is 0 Å². The van der Waals surface area contributed by atoms with Gasteiger partial charge in [-0.05, 0) is 24.8 Å². The Balaban J connectivity index is 1.84. The van der Waals surface area contributed by atoms with Crippen LogP contribution in [0, 0.1) is 23.2 Å². The summed E-state index contributed by atoms with van der Waals surface area (Å²) in [7, 11) is 3.03. The first kappa shape index (κ1) is 20.7. The van der Waals surface area contributed by atoms with Crippen molar-refractivity contribution in [2.75, 3.05) is 37.5 Å². The molecule has 0 saturated carbocycles. The fourth-order valence-corrected chi connectivity index (χ4v) is 4.28. The van der Waals surface area contributed by atoms with E-state index >= 15 is 0 Å². The van der Waals surface area contributed by atoms with Gasteiger partial charge in [-0.1, -0.05) is 13.0 Å². The van der Waals surface area contributed by atoms with Gasteiger partial charge in [0.15, 0.2) is 0 Å². The number of amides is 1. The molecule has 9 nitrogen and oxygen atoms in total. The average molecular weight is 423 g/mol. The number of fused-ring (bicyclic) bond motifs is 1. The van der Waals surface area contributed by atoms with E-state index in [4.69, 9.17) is 9.47 Å². The number of aromatic amines is 1. The summed E-state index contributed by atoms with van der Waals surface area (Å²) in [6.07, 6.45) is 2.02. The lowest BCUT2D eigenvalue weighted by Gasteiger charge is -2.33. The molecule has 1 aromatic carbocycles. The van der Waals surface area contributed by atoms with Gasteiger partial charge in [0.1, 0.15) is 23.2 Å². The second-order valence-electron chi connectivity index (χ2n) is 8.00. The molecule has 2 unspecified atom stereocenters. The van der Waals surface area contributed by atoms with Gasteiger partial charge in [-0.25, -0.2) is 0 Å². The van der Waals surface area contributed by atoms with Crippen molar-refractivity contribution in [3.8, 4) is 17.6 Å². The highest BCUT2D eigenvalue weighted by Gasteiger charge is 2.41. The first-order chi connectivity index (χ1) is 15.0. The third-order valence-electron chi connectivity index (χ3n) is 6.11. The SMILES string of the molecule is COc1ccc(C2c3c(nc(N4CCC(C)CC4)[nH]c3=O)NC(=O)C2C#N)c(OC)c1. The average Bonchev–Trinajstić information content (AvgIpc) is 2.78. The van der Waals surface area contributed by atoms with Gasteiger partial charge in [0.25, 0.3) is 5.56 Å². The molecule has 0 aliphatic carbocycles. The number of nitrogens with zero attached hydrogens (tertiary/aromatic N) is 3. The monoisotopic (exact) mass is 423 g/mol. The molecule has 31 heavy (non-hydrogen) atoms. The molecular weight excluding hydrogens is 398 g/mol. The Hall–Kier alpha value is -3.54. The van der Waals surface area contributed by atoms with Gasteiger partial charge in [0.2, 0.25) is 11.9 Å². The van der Waals surface area contributed by atoms with Gasteiger partial charge in [0, 0.05) is 30.6 Å². The lowest BCUT2D eigenvalue weighted by atomic mass is 9.78. The number of nitrogens with one attached hydrogen (secondary N) is 2. The van der Waals surface area contributed by atoms with Crippen molar-refractivity contribution >= 4 is 17.7 Å². The van der Waals surface area contributed by atoms with Crippen LogP contribution in [0.1, 0.15) is 36.8 Å². The van der Waals surface area contributed by atoms with Crippen LogP contribution < -0.4 is 25.2 Å². The van der Waals surface area contributed by atoms with Gasteiger partial charge in [0.05, 0.1) is 25.9 Å². The molecule has 1 amide bonds. The topological polar surface area (TPSA) is 120 Å². The number of nitriles is 1. The van der Waals surface area contributed by atoms with E-state index in [9.17, 15) is 14.9 Å². The summed E-state index contributed by atoms with van der Waals surface area (Å²) in [4.78, 5) is 35.5. The predicted octanol–water partition coefficient (Wildman–Crippen LogP) is 2.25. The van der Waals surface area contributed by atoms with E-state index in [2.05, 4.69) is 22.2 Å².